The van der Waals surface area contributed by atoms with Crippen LogP contribution in [0, 0.1) is 0 Å². The van der Waals surface area contributed by atoms with Crippen molar-refractivity contribution in [3.8, 4) is 11.5 Å². The third-order valence-electron chi connectivity index (χ3n) is 3.48. The highest BCUT2D eigenvalue weighted by Crippen LogP contribution is 2.27. The molecule has 0 radical (unpaired) electrons. The largest absolute Gasteiger partial charge is 0.457 e. The molecule has 2 aromatic rings. The lowest BCUT2D eigenvalue weighted by Crippen LogP contribution is -2.54. The molecule has 1 aliphatic rings. The minimum atomic E-state index is -0.0298. The number of hydrogen-bond acceptors (Lipinski definition) is 3. The average molecular weight is 312 g/mol. The molecule has 4 nitrogen and oxygen atoms in total. The van der Waals surface area contributed by atoms with Gasteiger partial charge in [0.1, 0.15) is 11.5 Å². The van der Waals surface area contributed by atoms with E-state index in [-0.39, 0.29) is 11.9 Å². The number of carbonyl (C=O) groups is 1. The molecule has 0 unspecified atom stereocenters. The molecule has 0 aliphatic carbocycles. The number of ether oxygens (including phenoxy) is 1. The van der Waals surface area contributed by atoms with Crippen molar-refractivity contribution in [3.05, 3.63) is 54.6 Å². The lowest BCUT2D eigenvalue weighted by Gasteiger charge is -2.35. The fraction of sp³-hybridized carbons (Fsp3) is 0.176. The van der Waals surface area contributed by atoms with Crippen LogP contribution in [0.1, 0.15) is 13.3 Å². The van der Waals surface area contributed by atoms with Crippen LogP contribution in [0.2, 0.25) is 0 Å². The predicted octanol–water partition coefficient (Wildman–Crippen LogP) is 3.48. The first kappa shape index (κ1) is 14.5. The third kappa shape index (κ3) is 3.09. The van der Waals surface area contributed by atoms with Crippen LogP contribution in [0.15, 0.2) is 54.6 Å². The Labute approximate surface area is 134 Å². The van der Waals surface area contributed by atoms with E-state index in [1.54, 1.807) is 0 Å². The zero-order valence-electron chi connectivity index (χ0n) is 12.2. The topological polar surface area (TPSA) is 41.6 Å². The number of rotatable bonds is 3. The highest BCUT2D eigenvalue weighted by Gasteiger charge is 2.27. The molecule has 1 atom stereocenters. The van der Waals surface area contributed by atoms with Gasteiger partial charge in [-0.25, -0.2) is 0 Å². The maximum atomic E-state index is 11.5. The van der Waals surface area contributed by atoms with Crippen LogP contribution in [-0.2, 0) is 4.79 Å². The maximum absolute atomic E-state index is 11.5. The van der Waals surface area contributed by atoms with Gasteiger partial charge < -0.3 is 15.0 Å². The van der Waals surface area contributed by atoms with E-state index in [9.17, 15) is 4.79 Å². The van der Waals surface area contributed by atoms with Crippen LogP contribution in [-0.4, -0.2) is 17.1 Å². The van der Waals surface area contributed by atoms with Crippen LogP contribution in [0.4, 0.5) is 5.69 Å². The molecular weight excluding hydrogens is 296 g/mol. The number of benzene rings is 2. The molecule has 112 valence electrons. The van der Waals surface area contributed by atoms with E-state index >= 15 is 0 Å². The fourth-order valence-electron chi connectivity index (χ4n) is 2.46. The molecule has 1 fully saturated rings. The Morgan fingerprint density at radius 3 is 2.36 bits per heavy atom. The highest BCUT2D eigenvalue weighted by molar-refractivity contribution is 7.80. The minimum absolute atomic E-state index is 0.0298. The second-order valence-electron chi connectivity index (χ2n) is 5.19. The summed E-state index contributed by atoms with van der Waals surface area (Å²) in [6.07, 6.45) is 0.433. The van der Waals surface area contributed by atoms with E-state index in [1.807, 2.05) is 66.4 Å². The second kappa shape index (κ2) is 6.15. The predicted molar refractivity (Wildman–Crippen MR) is 90.3 cm³/mol. The molecule has 1 amide bonds. The zero-order valence-corrected chi connectivity index (χ0v) is 13.0. The number of nitrogens with zero attached hydrogens (tertiary/aromatic N) is 1. The van der Waals surface area contributed by atoms with Crippen molar-refractivity contribution in [2.24, 2.45) is 0 Å². The van der Waals surface area contributed by atoms with E-state index in [0.717, 1.165) is 17.2 Å². The summed E-state index contributed by atoms with van der Waals surface area (Å²) in [7, 11) is 0. The Morgan fingerprint density at radius 1 is 1.09 bits per heavy atom. The average Bonchev–Trinajstić information content (AvgIpc) is 2.49. The summed E-state index contributed by atoms with van der Waals surface area (Å²) in [5.74, 6) is 1.52. The third-order valence-corrected chi connectivity index (χ3v) is 3.78. The van der Waals surface area contributed by atoms with Crippen molar-refractivity contribution >= 4 is 28.9 Å². The highest BCUT2D eigenvalue weighted by atomic mass is 32.1. The van der Waals surface area contributed by atoms with E-state index < -0.39 is 0 Å². The number of nitrogens with one attached hydrogen (secondary N) is 1. The van der Waals surface area contributed by atoms with Gasteiger partial charge in [0.25, 0.3) is 0 Å². The Bertz CT molecular complexity index is 686. The lowest BCUT2D eigenvalue weighted by molar-refractivity contribution is -0.120. The number of anilines is 1. The molecule has 1 heterocycles. The summed E-state index contributed by atoms with van der Waals surface area (Å²) >= 11 is 5.26. The molecule has 0 aromatic heterocycles. The van der Waals surface area contributed by atoms with Crippen molar-refractivity contribution < 1.29 is 9.53 Å². The van der Waals surface area contributed by atoms with Crippen LogP contribution in [0.5, 0.6) is 11.5 Å². The van der Waals surface area contributed by atoms with Gasteiger partial charge in [-0.2, -0.15) is 0 Å². The second-order valence-corrected chi connectivity index (χ2v) is 5.57. The monoisotopic (exact) mass is 312 g/mol. The number of hydrogen-bond donors (Lipinski definition) is 1. The van der Waals surface area contributed by atoms with Crippen LogP contribution in [0.25, 0.3) is 0 Å². The zero-order chi connectivity index (χ0) is 15.5. The van der Waals surface area contributed by atoms with E-state index in [4.69, 9.17) is 17.0 Å². The Hall–Kier alpha value is -2.40. The molecule has 0 saturated carbocycles. The van der Waals surface area contributed by atoms with Crippen LogP contribution in [0.3, 0.4) is 0 Å². The summed E-state index contributed by atoms with van der Waals surface area (Å²) in [5.41, 5.74) is 0.943. The van der Waals surface area contributed by atoms with Crippen LogP contribution >= 0.6 is 12.2 Å². The molecule has 1 saturated heterocycles. The molecule has 22 heavy (non-hydrogen) atoms. The minimum Gasteiger partial charge on any atom is -0.457 e. The smallest absolute Gasteiger partial charge is 0.228 e. The molecule has 1 N–H and O–H groups in total. The van der Waals surface area contributed by atoms with E-state index in [0.29, 0.717) is 11.5 Å². The molecule has 1 aliphatic heterocycles. The maximum Gasteiger partial charge on any atom is 0.228 e. The summed E-state index contributed by atoms with van der Waals surface area (Å²) in [6.45, 7) is 1.99. The van der Waals surface area contributed by atoms with Gasteiger partial charge in [-0.05, 0) is 55.5 Å². The number of para-hydroxylation sites is 1. The number of amides is 1. The molecule has 5 heteroatoms. The van der Waals surface area contributed by atoms with Gasteiger partial charge in [0.2, 0.25) is 5.91 Å². The molecule has 3 rings (SSSR count). The molecule has 2 aromatic carbocycles. The van der Waals surface area contributed by atoms with Crippen molar-refractivity contribution in [1.29, 1.82) is 0 Å². The van der Waals surface area contributed by atoms with Crippen molar-refractivity contribution in [2.45, 2.75) is 19.4 Å². The van der Waals surface area contributed by atoms with E-state index in [2.05, 4.69) is 5.32 Å². The molecule has 0 bridgehead atoms. The SMILES string of the molecule is C[C@@H]1CC(=O)NC(=S)N1c1ccc(Oc2ccccc2)cc1. The lowest BCUT2D eigenvalue weighted by atomic mass is 10.1. The van der Waals surface area contributed by atoms with Gasteiger partial charge in [0, 0.05) is 18.2 Å². The normalized spacial score (nSPS) is 18.0. The van der Waals surface area contributed by atoms with Gasteiger partial charge in [-0.15, -0.1) is 0 Å². The summed E-state index contributed by atoms with van der Waals surface area (Å²) in [4.78, 5) is 13.4. The van der Waals surface area contributed by atoms with Crippen molar-refractivity contribution in [3.63, 3.8) is 0 Å². The van der Waals surface area contributed by atoms with Gasteiger partial charge in [0.05, 0.1) is 0 Å². The van der Waals surface area contributed by atoms with Gasteiger partial charge in [-0.1, -0.05) is 18.2 Å². The van der Waals surface area contributed by atoms with Crippen molar-refractivity contribution in [1.82, 2.24) is 5.32 Å². The quantitative estimate of drug-likeness (QED) is 0.881. The first-order valence-electron chi connectivity index (χ1n) is 7.09. The molecular formula is C17H16N2O2S. The van der Waals surface area contributed by atoms with Gasteiger partial charge in [0.15, 0.2) is 5.11 Å². The first-order chi connectivity index (χ1) is 10.6. The van der Waals surface area contributed by atoms with Crippen molar-refractivity contribution in [2.75, 3.05) is 4.90 Å². The Balaban J connectivity index is 1.76. The number of carbonyl (C=O) groups excluding carboxylic acids is 1. The number of thiocarbonyl (C=S) groups is 1. The summed E-state index contributed by atoms with van der Waals surface area (Å²) in [5, 5.41) is 3.14. The van der Waals surface area contributed by atoms with Gasteiger partial charge in [-0.3, -0.25) is 4.79 Å². The Morgan fingerprint density at radius 2 is 1.73 bits per heavy atom. The van der Waals surface area contributed by atoms with E-state index in [1.165, 1.54) is 0 Å². The first-order valence-corrected chi connectivity index (χ1v) is 7.50. The molecule has 0 spiro atoms. The fourth-order valence-corrected chi connectivity index (χ4v) is 2.86. The Kier molecular flexibility index (Phi) is 4.06. The van der Waals surface area contributed by atoms with Crippen LogP contribution < -0.4 is 15.0 Å². The van der Waals surface area contributed by atoms with Gasteiger partial charge >= 0.3 is 0 Å². The summed E-state index contributed by atoms with van der Waals surface area (Å²) < 4.78 is 5.77. The summed E-state index contributed by atoms with van der Waals surface area (Å²) in [6, 6.07) is 17.3. The standard InChI is InChI=1S/C17H16N2O2S/c1-12-11-16(20)18-17(22)19(12)13-7-9-15(10-8-13)21-14-5-3-2-4-6-14/h2-10,12H,11H2,1H3,(H,18,20,22)/t12-/m1/s1.